The van der Waals surface area contributed by atoms with Gasteiger partial charge in [0.1, 0.15) is 12.1 Å². The van der Waals surface area contributed by atoms with E-state index in [2.05, 4.69) is 5.32 Å². The van der Waals surface area contributed by atoms with Gasteiger partial charge in [-0.1, -0.05) is 13.8 Å². The van der Waals surface area contributed by atoms with Gasteiger partial charge in [-0.05, 0) is 12.3 Å². The van der Waals surface area contributed by atoms with Crippen molar-refractivity contribution in [2.75, 3.05) is 0 Å². The van der Waals surface area contributed by atoms with Gasteiger partial charge in [0.15, 0.2) is 0 Å². The molecular formula is C10H17NO6. The summed E-state index contributed by atoms with van der Waals surface area (Å²) in [5, 5.41) is 28.5. The SMILES string of the molecule is CC(C)CC(N[C@@H](CC(=O)O)C(=O)O)C(=O)O. The molecule has 0 aromatic carbocycles. The minimum Gasteiger partial charge on any atom is -0.481 e. The van der Waals surface area contributed by atoms with E-state index in [0.29, 0.717) is 0 Å². The van der Waals surface area contributed by atoms with Crippen LogP contribution in [0.15, 0.2) is 0 Å². The fraction of sp³-hybridized carbons (Fsp3) is 0.700. The summed E-state index contributed by atoms with van der Waals surface area (Å²) in [6.45, 7) is 3.59. The van der Waals surface area contributed by atoms with Gasteiger partial charge >= 0.3 is 17.9 Å². The van der Waals surface area contributed by atoms with Crippen LogP contribution in [-0.2, 0) is 14.4 Å². The van der Waals surface area contributed by atoms with Crippen LogP contribution >= 0.6 is 0 Å². The van der Waals surface area contributed by atoms with E-state index in [1.807, 2.05) is 0 Å². The molecule has 0 aliphatic rings. The molecule has 0 fully saturated rings. The maximum Gasteiger partial charge on any atom is 0.321 e. The number of hydrogen-bond acceptors (Lipinski definition) is 4. The predicted molar refractivity (Wildman–Crippen MR) is 57.7 cm³/mol. The molecule has 0 spiro atoms. The average Bonchev–Trinajstić information content (AvgIpc) is 2.13. The molecule has 1 unspecified atom stereocenters. The molecule has 0 amide bonds. The van der Waals surface area contributed by atoms with Crippen molar-refractivity contribution in [2.24, 2.45) is 5.92 Å². The summed E-state index contributed by atoms with van der Waals surface area (Å²) in [5.74, 6) is -3.79. The molecule has 98 valence electrons. The van der Waals surface area contributed by atoms with Crippen LogP contribution in [-0.4, -0.2) is 45.3 Å². The van der Waals surface area contributed by atoms with Gasteiger partial charge in [0.2, 0.25) is 0 Å². The molecular weight excluding hydrogens is 230 g/mol. The van der Waals surface area contributed by atoms with Crippen LogP contribution < -0.4 is 5.32 Å². The molecule has 0 aromatic heterocycles. The second kappa shape index (κ2) is 6.85. The molecule has 0 aromatic rings. The number of nitrogens with one attached hydrogen (secondary N) is 1. The summed E-state index contributed by atoms with van der Waals surface area (Å²) in [5.41, 5.74) is 0. The third-order valence-corrected chi connectivity index (χ3v) is 2.08. The smallest absolute Gasteiger partial charge is 0.321 e. The Bertz CT molecular complexity index is 301. The van der Waals surface area contributed by atoms with E-state index in [1.165, 1.54) is 0 Å². The number of carboxylic acid groups (broad SMARTS) is 3. The van der Waals surface area contributed by atoms with Gasteiger partial charge in [0, 0.05) is 0 Å². The lowest BCUT2D eigenvalue weighted by molar-refractivity contribution is -0.148. The Balaban J connectivity index is 4.61. The van der Waals surface area contributed by atoms with Crippen LogP contribution in [0.2, 0.25) is 0 Å². The Morgan fingerprint density at radius 3 is 1.76 bits per heavy atom. The van der Waals surface area contributed by atoms with E-state index >= 15 is 0 Å². The fourth-order valence-corrected chi connectivity index (χ4v) is 1.35. The second-order valence-electron chi connectivity index (χ2n) is 4.18. The van der Waals surface area contributed by atoms with Crippen molar-refractivity contribution in [3.63, 3.8) is 0 Å². The van der Waals surface area contributed by atoms with Gasteiger partial charge in [0.05, 0.1) is 6.42 Å². The largest absolute Gasteiger partial charge is 0.481 e. The number of rotatable bonds is 8. The Labute approximate surface area is 98.4 Å². The minimum absolute atomic E-state index is 0.0582. The highest BCUT2D eigenvalue weighted by molar-refractivity contribution is 5.82. The van der Waals surface area contributed by atoms with Crippen molar-refractivity contribution in [1.82, 2.24) is 5.32 Å². The van der Waals surface area contributed by atoms with Gasteiger partial charge in [-0.2, -0.15) is 0 Å². The molecule has 0 rings (SSSR count). The first-order valence-corrected chi connectivity index (χ1v) is 5.17. The zero-order valence-corrected chi connectivity index (χ0v) is 9.71. The van der Waals surface area contributed by atoms with Gasteiger partial charge in [0.25, 0.3) is 0 Å². The lowest BCUT2D eigenvalue weighted by atomic mass is 10.0. The Morgan fingerprint density at radius 1 is 1.00 bits per heavy atom. The molecule has 0 radical (unpaired) electrons. The topological polar surface area (TPSA) is 124 Å². The summed E-state index contributed by atoms with van der Waals surface area (Å²) in [7, 11) is 0. The highest BCUT2D eigenvalue weighted by Gasteiger charge is 2.28. The van der Waals surface area contributed by atoms with Crippen LogP contribution in [0.4, 0.5) is 0 Å². The van der Waals surface area contributed by atoms with E-state index in [9.17, 15) is 14.4 Å². The first kappa shape index (κ1) is 15.4. The monoisotopic (exact) mass is 247 g/mol. The highest BCUT2D eigenvalue weighted by atomic mass is 16.4. The van der Waals surface area contributed by atoms with E-state index < -0.39 is 36.4 Å². The molecule has 4 N–H and O–H groups in total. The van der Waals surface area contributed by atoms with E-state index in [1.54, 1.807) is 13.8 Å². The average molecular weight is 247 g/mol. The summed E-state index contributed by atoms with van der Waals surface area (Å²) in [6, 6.07) is -2.46. The van der Waals surface area contributed by atoms with Crippen molar-refractivity contribution in [2.45, 2.75) is 38.8 Å². The van der Waals surface area contributed by atoms with Crippen molar-refractivity contribution >= 4 is 17.9 Å². The predicted octanol–water partition coefficient (Wildman–Crippen LogP) is 0.00320. The first-order valence-electron chi connectivity index (χ1n) is 5.17. The van der Waals surface area contributed by atoms with Gasteiger partial charge in [-0.25, -0.2) is 0 Å². The third-order valence-electron chi connectivity index (χ3n) is 2.08. The molecule has 0 aliphatic heterocycles. The molecule has 0 saturated carbocycles. The Kier molecular flexibility index (Phi) is 6.19. The number of hydrogen-bond donors (Lipinski definition) is 4. The van der Waals surface area contributed by atoms with Crippen LogP contribution in [0, 0.1) is 5.92 Å². The highest BCUT2D eigenvalue weighted by Crippen LogP contribution is 2.07. The summed E-state index contributed by atoms with van der Waals surface area (Å²) < 4.78 is 0. The van der Waals surface area contributed by atoms with Crippen LogP contribution in [0.25, 0.3) is 0 Å². The zero-order chi connectivity index (χ0) is 13.6. The zero-order valence-electron chi connectivity index (χ0n) is 9.71. The molecule has 17 heavy (non-hydrogen) atoms. The maximum atomic E-state index is 10.9. The number of carbonyl (C=O) groups is 3. The molecule has 0 saturated heterocycles. The van der Waals surface area contributed by atoms with Crippen molar-refractivity contribution in [1.29, 1.82) is 0 Å². The second-order valence-corrected chi connectivity index (χ2v) is 4.18. The Hall–Kier alpha value is -1.63. The van der Waals surface area contributed by atoms with Crippen molar-refractivity contribution in [3.05, 3.63) is 0 Å². The molecule has 0 bridgehead atoms. The third kappa shape index (κ3) is 6.52. The molecule has 0 heterocycles. The summed E-state index contributed by atoms with van der Waals surface area (Å²) in [6.07, 6.45) is -0.421. The van der Waals surface area contributed by atoms with E-state index in [0.717, 1.165) is 0 Å². The van der Waals surface area contributed by atoms with E-state index in [-0.39, 0.29) is 12.3 Å². The quantitative estimate of drug-likeness (QED) is 0.476. The van der Waals surface area contributed by atoms with Crippen molar-refractivity contribution in [3.8, 4) is 0 Å². The van der Waals surface area contributed by atoms with E-state index in [4.69, 9.17) is 15.3 Å². The molecule has 2 atom stereocenters. The Morgan fingerprint density at radius 2 is 1.47 bits per heavy atom. The van der Waals surface area contributed by atoms with Crippen LogP contribution in [0.3, 0.4) is 0 Å². The van der Waals surface area contributed by atoms with Gasteiger partial charge in [-0.15, -0.1) is 0 Å². The standard InChI is InChI=1S/C10H17NO6/c1-5(2)3-6(9(14)15)11-7(10(16)17)4-8(12)13/h5-7,11H,3-4H2,1-2H3,(H,12,13)(H,14,15)(H,16,17)/t6?,7-/m0/s1. The molecule has 0 aliphatic carbocycles. The normalized spacial score (nSPS) is 14.3. The van der Waals surface area contributed by atoms with Crippen molar-refractivity contribution < 1.29 is 29.7 Å². The lowest BCUT2D eigenvalue weighted by Crippen LogP contribution is -2.48. The van der Waals surface area contributed by atoms with Crippen LogP contribution in [0.5, 0.6) is 0 Å². The molecule has 7 nitrogen and oxygen atoms in total. The van der Waals surface area contributed by atoms with Gasteiger partial charge in [-0.3, -0.25) is 19.7 Å². The summed E-state index contributed by atoms with van der Waals surface area (Å²) >= 11 is 0. The first-order chi connectivity index (χ1) is 7.73. The van der Waals surface area contributed by atoms with Gasteiger partial charge < -0.3 is 15.3 Å². The molecule has 7 heteroatoms. The summed E-state index contributed by atoms with van der Waals surface area (Å²) in [4.78, 5) is 32.1. The van der Waals surface area contributed by atoms with Crippen LogP contribution in [0.1, 0.15) is 26.7 Å². The number of aliphatic carboxylic acids is 3. The maximum absolute atomic E-state index is 10.9. The number of carboxylic acids is 3. The lowest BCUT2D eigenvalue weighted by Gasteiger charge is -2.20. The minimum atomic E-state index is -1.40. The fourth-order valence-electron chi connectivity index (χ4n) is 1.35.